The Morgan fingerprint density at radius 3 is 2.07 bits per heavy atom. The van der Waals surface area contributed by atoms with E-state index in [4.69, 9.17) is 11.6 Å². The largest absolute Gasteiger partial charge is 0.326 e. The Morgan fingerprint density at radius 2 is 1.43 bits per heavy atom. The highest BCUT2D eigenvalue weighted by atomic mass is 35.5. The van der Waals surface area contributed by atoms with Crippen molar-refractivity contribution in [3.05, 3.63) is 64.8 Å². The zero-order chi connectivity index (χ0) is 31.5. The van der Waals surface area contributed by atoms with Crippen molar-refractivity contribution in [2.75, 3.05) is 10.6 Å². The van der Waals surface area contributed by atoms with E-state index in [1.54, 1.807) is 24.3 Å². The topological polar surface area (TPSA) is 104 Å². The molecule has 0 bridgehead atoms. The summed E-state index contributed by atoms with van der Waals surface area (Å²) in [4.78, 5) is 28.8. The monoisotopic (exact) mass is 618 g/mol. The molecule has 236 valence electrons. The summed E-state index contributed by atoms with van der Waals surface area (Å²) in [5, 5.41) is 15.6. The van der Waals surface area contributed by atoms with Gasteiger partial charge in [-0.05, 0) is 36.8 Å². The van der Waals surface area contributed by atoms with Crippen molar-refractivity contribution in [3.63, 3.8) is 0 Å². The van der Waals surface area contributed by atoms with Crippen molar-refractivity contribution in [3.8, 4) is 11.4 Å². The molecule has 8 nitrogen and oxygen atoms in total. The zero-order valence-corrected chi connectivity index (χ0v) is 27.4. The highest BCUT2D eigenvalue weighted by molar-refractivity contribution is 6.34. The first kappa shape index (κ1) is 33.2. The van der Waals surface area contributed by atoms with Gasteiger partial charge in [0.05, 0.1) is 5.69 Å². The normalized spacial score (nSPS) is 11.7. The van der Waals surface area contributed by atoms with Gasteiger partial charge in [-0.25, -0.2) is 0 Å². The van der Waals surface area contributed by atoms with E-state index in [1.165, 1.54) is 62.4 Å². The van der Waals surface area contributed by atoms with Crippen LogP contribution in [0.3, 0.4) is 0 Å². The SMILES string of the molecule is CCCCCCCCCCCCCC(=O)Nc1cccc(C(=O)Nc2cccc(-c3nn4nc(C(C)(C)C)c(Cl)c4[nH]3)c2)c1. The number of aromatic nitrogens is 4. The second-order valence-electron chi connectivity index (χ2n) is 12.7. The van der Waals surface area contributed by atoms with Gasteiger partial charge < -0.3 is 15.6 Å². The fourth-order valence-electron chi connectivity index (χ4n) is 5.27. The van der Waals surface area contributed by atoms with Gasteiger partial charge in [0.15, 0.2) is 11.5 Å². The summed E-state index contributed by atoms with van der Waals surface area (Å²) < 4.78 is 1.51. The molecule has 2 amide bonds. The number of fused-ring (bicyclic) bond motifs is 1. The predicted octanol–water partition coefficient (Wildman–Crippen LogP) is 9.57. The molecule has 0 aliphatic heterocycles. The van der Waals surface area contributed by atoms with Gasteiger partial charge in [0, 0.05) is 34.3 Å². The molecule has 2 aromatic carbocycles. The maximum absolute atomic E-state index is 13.1. The fourth-order valence-corrected chi connectivity index (χ4v) is 5.71. The highest BCUT2D eigenvalue weighted by Gasteiger charge is 2.25. The number of aromatic amines is 1. The summed E-state index contributed by atoms with van der Waals surface area (Å²) in [5.41, 5.74) is 3.67. The maximum atomic E-state index is 13.1. The first-order chi connectivity index (χ1) is 21.2. The Hall–Kier alpha value is -3.65. The first-order valence-corrected chi connectivity index (χ1v) is 16.5. The third kappa shape index (κ3) is 9.42. The molecule has 2 aromatic heterocycles. The van der Waals surface area contributed by atoms with E-state index in [2.05, 4.69) is 53.5 Å². The molecule has 2 heterocycles. The van der Waals surface area contributed by atoms with Crippen LogP contribution in [0.2, 0.25) is 5.02 Å². The van der Waals surface area contributed by atoms with Crippen LogP contribution in [0.5, 0.6) is 0 Å². The van der Waals surface area contributed by atoms with Gasteiger partial charge in [-0.1, -0.05) is 122 Å². The van der Waals surface area contributed by atoms with E-state index in [0.29, 0.717) is 39.9 Å². The van der Waals surface area contributed by atoms with E-state index in [1.807, 2.05) is 24.3 Å². The number of rotatable bonds is 16. The summed E-state index contributed by atoms with van der Waals surface area (Å²) in [5.74, 6) is 0.301. The van der Waals surface area contributed by atoms with E-state index in [0.717, 1.165) is 24.1 Å². The number of hydrogen-bond acceptors (Lipinski definition) is 4. The Labute approximate surface area is 266 Å². The van der Waals surface area contributed by atoms with Gasteiger partial charge in [0.2, 0.25) is 5.91 Å². The molecule has 4 rings (SSSR count). The van der Waals surface area contributed by atoms with Gasteiger partial charge in [-0.15, -0.1) is 9.73 Å². The van der Waals surface area contributed by atoms with Crippen LogP contribution in [0.15, 0.2) is 48.5 Å². The quantitative estimate of drug-likeness (QED) is 0.109. The van der Waals surface area contributed by atoms with Crippen molar-refractivity contribution >= 4 is 40.4 Å². The van der Waals surface area contributed by atoms with Crippen molar-refractivity contribution in [2.45, 2.75) is 110 Å². The second kappa shape index (κ2) is 15.9. The summed E-state index contributed by atoms with van der Waals surface area (Å²) in [6.45, 7) is 8.41. The molecule has 0 radical (unpaired) electrons. The van der Waals surface area contributed by atoms with E-state index >= 15 is 0 Å². The van der Waals surface area contributed by atoms with Crippen LogP contribution in [-0.4, -0.2) is 31.6 Å². The molecule has 0 fully saturated rings. The van der Waals surface area contributed by atoms with Crippen molar-refractivity contribution in [1.29, 1.82) is 0 Å². The van der Waals surface area contributed by atoms with Crippen molar-refractivity contribution in [1.82, 2.24) is 19.8 Å². The maximum Gasteiger partial charge on any atom is 0.255 e. The Balaban J connectivity index is 1.24. The molecular formula is C35H47ClN6O2. The molecule has 0 spiro atoms. The Bertz CT molecular complexity index is 1530. The van der Waals surface area contributed by atoms with E-state index in [-0.39, 0.29) is 17.2 Å². The first-order valence-electron chi connectivity index (χ1n) is 16.1. The van der Waals surface area contributed by atoms with Crippen molar-refractivity contribution in [2.24, 2.45) is 0 Å². The van der Waals surface area contributed by atoms with E-state index in [9.17, 15) is 9.59 Å². The van der Waals surface area contributed by atoms with Crippen LogP contribution in [0, 0.1) is 0 Å². The standard InChI is InChI=1S/C35H47ClN6O2/c1-5-6-7-8-9-10-11-12-13-14-15-22-29(43)37-27-20-17-19-26(24-27)34(44)38-28-21-16-18-25(23-28)32-39-33-30(36)31(35(2,3)4)40-42(33)41-32/h16-21,23-24H,5-15,22H2,1-4H3,(H,37,43)(H,38,44)(H,39,41). The van der Waals surface area contributed by atoms with Gasteiger partial charge in [0.1, 0.15) is 5.02 Å². The number of anilines is 2. The third-order valence-corrected chi connectivity index (χ3v) is 8.12. The molecule has 0 aliphatic carbocycles. The predicted molar refractivity (Wildman–Crippen MR) is 181 cm³/mol. The molecular weight excluding hydrogens is 572 g/mol. The lowest BCUT2D eigenvalue weighted by Crippen LogP contribution is -2.14. The smallest absolute Gasteiger partial charge is 0.255 e. The number of H-pyrrole nitrogens is 1. The summed E-state index contributed by atoms with van der Waals surface area (Å²) >= 11 is 6.58. The number of amides is 2. The average Bonchev–Trinajstić information content (AvgIpc) is 3.55. The number of nitrogens with zero attached hydrogens (tertiary/aromatic N) is 3. The number of hydrogen-bond donors (Lipinski definition) is 3. The molecule has 0 aliphatic rings. The molecule has 0 unspecified atom stereocenters. The third-order valence-electron chi connectivity index (χ3n) is 7.76. The minimum absolute atomic E-state index is 0.0225. The molecule has 0 saturated heterocycles. The van der Waals surface area contributed by atoms with Crippen LogP contribution in [0.4, 0.5) is 11.4 Å². The fraction of sp³-hybridized carbons (Fsp3) is 0.486. The van der Waals surface area contributed by atoms with Crippen LogP contribution < -0.4 is 10.6 Å². The minimum Gasteiger partial charge on any atom is -0.326 e. The van der Waals surface area contributed by atoms with Crippen LogP contribution in [0.1, 0.15) is 121 Å². The van der Waals surface area contributed by atoms with Gasteiger partial charge in [0.25, 0.3) is 5.91 Å². The van der Waals surface area contributed by atoms with Crippen molar-refractivity contribution < 1.29 is 9.59 Å². The molecule has 4 aromatic rings. The molecule has 0 atom stereocenters. The molecule has 9 heteroatoms. The number of nitrogens with one attached hydrogen (secondary N) is 3. The lowest BCUT2D eigenvalue weighted by Gasteiger charge is -2.14. The summed E-state index contributed by atoms with van der Waals surface area (Å²) in [6, 6.07) is 14.4. The second-order valence-corrected chi connectivity index (χ2v) is 13.1. The van der Waals surface area contributed by atoms with Crippen LogP contribution in [-0.2, 0) is 10.2 Å². The van der Waals surface area contributed by atoms with Gasteiger partial charge in [-0.2, -0.15) is 5.10 Å². The average molecular weight is 619 g/mol. The van der Waals surface area contributed by atoms with E-state index < -0.39 is 0 Å². The van der Waals surface area contributed by atoms with Crippen LogP contribution >= 0.6 is 11.6 Å². The minimum atomic E-state index is -0.268. The molecule has 0 saturated carbocycles. The molecule has 44 heavy (non-hydrogen) atoms. The summed E-state index contributed by atoms with van der Waals surface area (Å²) in [6.07, 6.45) is 14.2. The zero-order valence-electron chi connectivity index (χ0n) is 26.6. The number of benzene rings is 2. The van der Waals surface area contributed by atoms with Gasteiger partial charge in [-0.3, -0.25) is 9.59 Å². The Kier molecular flexibility index (Phi) is 12.0. The lowest BCUT2D eigenvalue weighted by atomic mass is 9.92. The number of carbonyl (C=O) groups excluding carboxylic acids is 2. The van der Waals surface area contributed by atoms with Gasteiger partial charge >= 0.3 is 0 Å². The summed E-state index contributed by atoms with van der Waals surface area (Å²) in [7, 11) is 0. The number of unbranched alkanes of at least 4 members (excludes halogenated alkanes) is 10. The number of carbonyl (C=O) groups is 2. The molecule has 3 N–H and O–H groups in total. The lowest BCUT2D eigenvalue weighted by molar-refractivity contribution is -0.116. The Morgan fingerprint density at radius 1 is 0.818 bits per heavy atom. The number of halogens is 1. The van der Waals surface area contributed by atoms with Crippen LogP contribution in [0.25, 0.3) is 17.0 Å². The highest BCUT2D eigenvalue weighted by Crippen LogP contribution is 2.32.